The van der Waals surface area contributed by atoms with Crippen LogP contribution >= 0.6 is 0 Å². The van der Waals surface area contributed by atoms with E-state index in [1.165, 1.54) is 4.58 Å². The molecule has 0 radical (unpaired) electrons. The zero-order valence-electron chi connectivity index (χ0n) is 6.07. The highest BCUT2D eigenvalue weighted by atomic mass is 16.3. The summed E-state index contributed by atoms with van der Waals surface area (Å²) in [7, 11) is 0. The van der Waals surface area contributed by atoms with Crippen LogP contribution in [0.2, 0.25) is 0 Å². The third kappa shape index (κ3) is 2.58. The van der Waals surface area contributed by atoms with Crippen LogP contribution in [0, 0.1) is 0 Å². The first-order valence-electron chi connectivity index (χ1n) is 3.02. The van der Waals surface area contributed by atoms with E-state index in [1.54, 1.807) is 27.0 Å². The van der Waals surface area contributed by atoms with Gasteiger partial charge in [0.15, 0.2) is 0 Å². The van der Waals surface area contributed by atoms with E-state index in [0.717, 1.165) is 0 Å². The highest BCUT2D eigenvalue weighted by Crippen LogP contribution is 1.89. The minimum Gasteiger partial charge on any atom is -0.337 e. The molecule has 3 nitrogen and oxygen atoms in total. The molecule has 0 bridgehead atoms. The summed E-state index contributed by atoms with van der Waals surface area (Å²) >= 11 is 0. The second-order valence-electron chi connectivity index (χ2n) is 1.97. The molecule has 0 aliphatic rings. The zero-order valence-corrected chi connectivity index (χ0v) is 6.07. The smallest absolute Gasteiger partial charge is 0.253 e. The maximum absolute atomic E-state index is 8.92. The SMILES string of the molecule is CC=[N+](C(C)O)C(C)O. The Hall–Kier alpha value is -0.410. The van der Waals surface area contributed by atoms with Crippen LogP contribution in [-0.2, 0) is 0 Å². The summed E-state index contributed by atoms with van der Waals surface area (Å²) < 4.78 is 1.44. The van der Waals surface area contributed by atoms with Crippen LogP contribution in [0.25, 0.3) is 0 Å². The Morgan fingerprint density at radius 1 is 1.22 bits per heavy atom. The maximum Gasteiger partial charge on any atom is 0.253 e. The molecule has 3 heteroatoms. The Morgan fingerprint density at radius 3 is 1.56 bits per heavy atom. The van der Waals surface area contributed by atoms with Crippen molar-refractivity contribution in [3.8, 4) is 0 Å². The van der Waals surface area contributed by atoms with E-state index >= 15 is 0 Å². The van der Waals surface area contributed by atoms with Crippen molar-refractivity contribution in [3.63, 3.8) is 0 Å². The molecule has 0 spiro atoms. The van der Waals surface area contributed by atoms with E-state index in [1.807, 2.05) is 0 Å². The van der Waals surface area contributed by atoms with Crippen molar-refractivity contribution in [2.24, 2.45) is 0 Å². The molecule has 0 amide bonds. The first kappa shape index (κ1) is 8.59. The fraction of sp³-hybridized carbons (Fsp3) is 0.833. The molecule has 2 unspecified atom stereocenters. The van der Waals surface area contributed by atoms with Crippen molar-refractivity contribution < 1.29 is 14.8 Å². The van der Waals surface area contributed by atoms with Gasteiger partial charge >= 0.3 is 0 Å². The van der Waals surface area contributed by atoms with Crippen LogP contribution in [0.4, 0.5) is 0 Å². The average Bonchev–Trinajstić information content (AvgIpc) is 1.64. The number of hydrogen-bond donors (Lipinski definition) is 2. The van der Waals surface area contributed by atoms with E-state index in [0.29, 0.717) is 0 Å². The van der Waals surface area contributed by atoms with Gasteiger partial charge in [-0.1, -0.05) is 0 Å². The lowest BCUT2D eigenvalue weighted by Gasteiger charge is -2.06. The van der Waals surface area contributed by atoms with Crippen LogP contribution < -0.4 is 0 Å². The largest absolute Gasteiger partial charge is 0.337 e. The second-order valence-corrected chi connectivity index (χ2v) is 1.97. The summed E-state index contributed by atoms with van der Waals surface area (Å²) in [4.78, 5) is 0. The Bertz CT molecular complexity index is 97.6. The van der Waals surface area contributed by atoms with Gasteiger partial charge in [0.1, 0.15) is 6.21 Å². The van der Waals surface area contributed by atoms with Crippen LogP contribution in [0.5, 0.6) is 0 Å². The minimum atomic E-state index is -0.616. The van der Waals surface area contributed by atoms with Crippen molar-refractivity contribution in [1.82, 2.24) is 0 Å². The molecule has 2 N–H and O–H groups in total. The lowest BCUT2D eigenvalue weighted by Crippen LogP contribution is -2.31. The van der Waals surface area contributed by atoms with Gasteiger partial charge in [-0.3, -0.25) is 0 Å². The molecule has 54 valence electrons. The molecule has 0 aromatic carbocycles. The number of nitrogens with zero attached hydrogens (tertiary/aromatic N) is 1. The molecule has 2 atom stereocenters. The highest BCUT2D eigenvalue weighted by Gasteiger charge is 2.14. The summed E-state index contributed by atoms with van der Waals surface area (Å²) in [6.07, 6.45) is 0.417. The Labute approximate surface area is 55.3 Å². The summed E-state index contributed by atoms with van der Waals surface area (Å²) in [5, 5.41) is 17.8. The predicted octanol–water partition coefficient (Wildman–Crippen LogP) is -0.234. The van der Waals surface area contributed by atoms with Gasteiger partial charge in [0.25, 0.3) is 12.5 Å². The lowest BCUT2D eigenvalue weighted by atomic mass is 10.5. The fourth-order valence-electron chi connectivity index (χ4n) is 0.744. The number of aliphatic hydroxyl groups is 2. The highest BCUT2D eigenvalue weighted by molar-refractivity contribution is 5.46. The summed E-state index contributed by atoms with van der Waals surface area (Å²) in [6, 6.07) is 0. The van der Waals surface area contributed by atoms with E-state index in [4.69, 9.17) is 10.2 Å². The zero-order chi connectivity index (χ0) is 7.44. The van der Waals surface area contributed by atoms with Crippen LogP contribution in [-0.4, -0.2) is 33.5 Å². The quantitative estimate of drug-likeness (QED) is 0.309. The number of rotatable bonds is 2. The van der Waals surface area contributed by atoms with Crippen molar-refractivity contribution in [2.75, 3.05) is 0 Å². The van der Waals surface area contributed by atoms with Crippen molar-refractivity contribution in [3.05, 3.63) is 0 Å². The third-order valence-corrected chi connectivity index (χ3v) is 1.16. The number of aliphatic hydroxyl groups excluding tert-OH is 2. The molecular formula is C6H14NO2+. The van der Waals surface area contributed by atoms with Gasteiger partial charge in [-0.2, -0.15) is 4.58 Å². The molecular weight excluding hydrogens is 118 g/mol. The molecule has 0 saturated heterocycles. The normalized spacial score (nSPS) is 16.6. The Kier molecular flexibility index (Phi) is 3.42. The minimum absolute atomic E-state index is 0.616. The first-order valence-corrected chi connectivity index (χ1v) is 3.02. The Balaban J connectivity index is 4.01. The molecule has 0 aromatic rings. The summed E-state index contributed by atoms with van der Waals surface area (Å²) in [5.74, 6) is 0. The summed E-state index contributed by atoms with van der Waals surface area (Å²) in [6.45, 7) is 4.97. The van der Waals surface area contributed by atoms with Crippen molar-refractivity contribution in [2.45, 2.75) is 33.2 Å². The molecule has 0 aromatic heterocycles. The van der Waals surface area contributed by atoms with Gasteiger partial charge in [-0.05, 0) is 0 Å². The molecule has 0 fully saturated rings. The topological polar surface area (TPSA) is 43.5 Å². The second kappa shape index (κ2) is 3.58. The first-order chi connectivity index (χ1) is 4.09. The molecule has 0 saturated carbocycles. The Morgan fingerprint density at radius 2 is 1.56 bits per heavy atom. The van der Waals surface area contributed by atoms with E-state index in [9.17, 15) is 0 Å². The van der Waals surface area contributed by atoms with Gasteiger partial charge in [-0.15, -0.1) is 0 Å². The van der Waals surface area contributed by atoms with Crippen molar-refractivity contribution in [1.29, 1.82) is 0 Å². The van der Waals surface area contributed by atoms with Gasteiger partial charge < -0.3 is 10.2 Å². The molecule has 0 aliphatic heterocycles. The maximum atomic E-state index is 8.92. The van der Waals surface area contributed by atoms with Crippen LogP contribution in [0.1, 0.15) is 20.8 Å². The monoisotopic (exact) mass is 132 g/mol. The van der Waals surface area contributed by atoms with Crippen molar-refractivity contribution >= 4 is 6.21 Å². The van der Waals surface area contributed by atoms with Crippen LogP contribution in [0.3, 0.4) is 0 Å². The van der Waals surface area contributed by atoms with Crippen LogP contribution in [0.15, 0.2) is 0 Å². The van der Waals surface area contributed by atoms with E-state index in [2.05, 4.69) is 0 Å². The lowest BCUT2D eigenvalue weighted by molar-refractivity contribution is -0.663. The van der Waals surface area contributed by atoms with Gasteiger partial charge in [0.05, 0.1) is 0 Å². The van der Waals surface area contributed by atoms with E-state index < -0.39 is 12.5 Å². The fourth-order valence-corrected chi connectivity index (χ4v) is 0.744. The average molecular weight is 132 g/mol. The standard InChI is InChI=1S/C6H14NO2/c1-4-7(5(2)8)6(3)9/h4-6,8-9H,1-3H3/q+1. The van der Waals surface area contributed by atoms with Gasteiger partial charge in [0.2, 0.25) is 0 Å². The molecule has 0 heterocycles. The molecule has 0 rings (SSSR count). The summed E-state index contributed by atoms with van der Waals surface area (Å²) in [5.41, 5.74) is 0. The van der Waals surface area contributed by atoms with Gasteiger partial charge in [-0.25, -0.2) is 0 Å². The molecule has 0 aliphatic carbocycles. The predicted molar refractivity (Wildman–Crippen MR) is 35.4 cm³/mol. The third-order valence-electron chi connectivity index (χ3n) is 1.16. The number of hydrogen-bond acceptors (Lipinski definition) is 2. The van der Waals surface area contributed by atoms with E-state index in [-0.39, 0.29) is 0 Å². The molecule has 9 heavy (non-hydrogen) atoms. The van der Waals surface area contributed by atoms with Gasteiger partial charge in [0, 0.05) is 20.8 Å².